The second kappa shape index (κ2) is 6.23. The minimum Gasteiger partial charge on any atom is -0.326 e. The van der Waals surface area contributed by atoms with Gasteiger partial charge in [0.25, 0.3) is 0 Å². The van der Waals surface area contributed by atoms with Gasteiger partial charge in [-0.3, -0.25) is 4.79 Å². The van der Waals surface area contributed by atoms with Gasteiger partial charge in [0.15, 0.2) is 0 Å². The van der Waals surface area contributed by atoms with E-state index in [0.717, 1.165) is 18.5 Å². The molecule has 0 radical (unpaired) electrons. The minimum absolute atomic E-state index is 0.0870. The van der Waals surface area contributed by atoms with E-state index in [0.29, 0.717) is 0 Å². The molecule has 0 bridgehead atoms. The number of anilines is 1. The molecule has 1 rings (SSSR count). The minimum atomic E-state index is 0.0870. The molecule has 1 N–H and O–H groups in total. The van der Waals surface area contributed by atoms with Crippen molar-refractivity contribution in [1.29, 1.82) is 0 Å². The van der Waals surface area contributed by atoms with Gasteiger partial charge in [0.2, 0.25) is 5.91 Å². The van der Waals surface area contributed by atoms with E-state index in [9.17, 15) is 4.79 Å². The Hall–Kier alpha value is -0.580. The average molecular weight is 331 g/mol. The molecule has 0 spiro atoms. The van der Waals surface area contributed by atoms with Crippen LogP contribution in [0.3, 0.4) is 0 Å². The summed E-state index contributed by atoms with van der Waals surface area (Å²) in [5.74, 6) is 0.200. The lowest BCUT2D eigenvalue weighted by Crippen LogP contribution is -2.20. The van der Waals surface area contributed by atoms with Crippen molar-refractivity contribution in [3.63, 3.8) is 0 Å². The zero-order valence-corrected chi connectivity index (χ0v) is 12.2. The van der Waals surface area contributed by atoms with E-state index in [1.807, 2.05) is 25.1 Å². The molecule has 0 heterocycles. The summed E-state index contributed by atoms with van der Waals surface area (Å²) in [6.07, 6.45) is 1.98. The van der Waals surface area contributed by atoms with Crippen molar-refractivity contribution in [3.8, 4) is 0 Å². The van der Waals surface area contributed by atoms with E-state index in [-0.39, 0.29) is 11.8 Å². The van der Waals surface area contributed by atoms with Gasteiger partial charge in [-0.1, -0.05) is 26.3 Å². The lowest BCUT2D eigenvalue weighted by Gasteiger charge is -2.11. The molecule has 0 aliphatic heterocycles. The van der Waals surface area contributed by atoms with Crippen LogP contribution in [0.4, 0.5) is 5.69 Å². The lowest BCUT2D eigenvalue weighted by molar-refractivity contribution is -0.119. The maximum atomic E-state index is 11.8. The fourth-order valence-electron chi connectivity index (χ4n) is 1.50. The van der Waals surface area contributed by atoms with Gasteiger partial charge < -0.3 is 5.32 Å². The highest BCUT2D eigenvalue weighted by Crippen LogP contribution is 2.18. The standard InChI is InChI=1S/C13H18INO/c1-4-5-10(3)13(16)15-11-7-6-9(2)12(14)8-11/h6-8,10H,4-5H2,1-3H3,(H,15,16). The monoisotopic (exact) mass is 331 g/mol. The number of aryl methyl sites for hydroxylation is 1. The smallest absolute Gasteiger partial charge is 0.227 e. The van der Waals surface area contributed by atoms with Crippen molar-refractivity contribution in [2.75, 3.05) is 5.32 Å². The number of benzene rings is 1. The van der Waals surface area contributed by atoms with Crippen LogP contribution in [0.15, 0.2) is 18.2 Å². The van der Waals surface area contributed by atoms with Crippen LogP contribution in [0.2, 0.25) is 0 Å². The highest BCUT2D eigenvalue weighted by atomic mass is 127. The number of nitrogens with one attached hydrogen (secondary N) is 1. The molecule has 1 amide bonds. The Morgan fingerprint density at radius 3 is 2.75 bits per heavy atom. The zero-order valence-electron chi connectivity index (χ0n) is 10.0. The van der Waals surface area contributed by atoms with Crippen molar-refractivity contribution in [1.82, 2.24) is 0 Å². The van der Waals surface area contributed by atoms with Crippen LogP contribution in [0.1, 0.15) is 32.3 Å². The maximum Gasteiger partial charge on any atom is 0.227 e. The van der Waals surface area contributed by atoms with Crippen LogP contribution in [-0.4, -0.2) is 5.91 Å². The van der Waals surface area contributed by atoms with Gasteiger partial charge in [0.1, 0.15) is 0 Å². The van der Waals surface area contributed by atoms with Gasteiger partial charge in [-0.15, -0.1) is 0 Å². The van der Waals surface area contributed by atoms with Crippen molar-refractivity contribution >= 4 is 34.2 Å². The SMILES string of the molecule is CCCC(C)C(=O)Nc1ccc(C)c(I)c1. The summed E-state index contributed by atoms with van der Waals surface area (Å²) in [7, 11) is 0. The highest BCUT2D eigenvalue weighted by molar-refractivity contribution is 14.1. The van der Waals surface area contributed by atoms with Crippen LogP contribution in [-0.2, 0) is 4.79 Å². The van der Waals surface area contributed by atoms with Gasteiger partial charge in [-0.05, 0) is 53.6 Å². The predicted octanol–water partition coefficient (Wildman–Crippen LogP) is 3.97. The molecule has 1 atom stereocenters. The lowest BCUT2D eigenvalue weighted by atomic mass is 10.1. The molecule has 1 aromatic rings. The second-order valence-electron chi connectivity index (χ2n) is 4.14. The summed E-state index contributed by atoms with van der Waals surface area (Å²) < 4.78 is 1.18. The van der Waals surface area contributed by atoms with Gasteiger partial charge >= 0.3 is 0 Å². The van der Waals surface area contributed by atoms with Crippen molar-refractivity contribution in [2.45, 2.75) is 33.6 Å². The first-order chi connectivity index (χ1) is 7.54. The average Bonchev–Trinajstić information content (AvgIpc) is 2.24. The summed E-state index contributed by atoms with van der Waals surface area (Å²) in [4.78, 5) is 11.8. The predicted molar refractivity (Wildman–Crippen MR) is 76.6 cm³/mol. The van der Waals surface area contributed by atoms with E-state index in [1.54, 1.807) is 0 Å². The second-order valence-corrected chi connectivity index (χ2v) is 5.31. The Bertz CT molecular complexity index is 376. The zero-order chi connectivity index (χ0) is 12.1. The largest absolute Gasteiger partial charge is 0.326 e. The van der Waals surface area contributed by atoms with Gasteiger partial charge in [-0.25, -0.2) is 0 Å². The van der Waals surface area contributed by atoms with Crippen LogP contribution in [0.5, 0.6) is 0 Å². The van der Waals surface area contributed by atoms with E-state index in [4.69, 9.17) is 0 Å². The number of hydrogen-bond acceptors (Lipinski definition) is 1. The van der Waals surface area contributed by atoms with Gasteiger partial charge in [-0.2, -0.15) is 0 Å². The Kier molecular flexibility index (Phi) is 5.25. The first-order valence-electron chi connectivity index (χ1n) is 5.61. The summed E-state index contributed by atoms with van der Waals surface area (Å²) in [6, 6.07) is 5.99. The van der Waals surface area contributed by atoms with E-state index < -0.39 is 0 Å². The summed E-state index contributed by atoms with van der Waals surface area (Å²) in [5, 5.41) is 2.95. The summed E-state index contributed by atoms with van der Waals surface area (Å²) in [5.41, 5.74) is 2.13. The number of hydrogen-bond donors (Lipinski definition) is 1. The third-order valence-electron chi connectivity index (χ3n) is 2.61. The third-order valence-corrected chi connectivity index (χ3v) is 3.77. The fourth-order valence-corrected chi connectivity index (χ4v) is 2.02. The molecule has 3 heteroatoms. The maximum absolute atomic E-state index is 11.8. The van der Waals surface area contributed by atoms with Crippen molar-refractivity contribution in [3.05, 3.63) is 27.3 Å². The first kappa shape index (κ1) is 13.5. The summed E-state index contributed by atoms with van der Waals surface area (Å²) in [6.45, 7) is 6.13. The molecule has 16 heavy (non-hydrogen) atoms. The number of rotatable bonds is 4. The van der Waals surface area contributed by atoms with Crippen molar-refractivity contribution < 1.29 is 4.79 Å². The van der Waals surface area contributed by atoms with Crippen molar-refractivity contribution in [2.24, 2.45) is 5.92 Å². The van der Waals surface area contributed by atoms with Crippen LogP contribution < -0.4 is 5.32 Å². The first-order valence-corrected chi connectivity index (χ1v) is 6.69. The molecule has 1 aromatic carbocycles. The van der Waals surface area contributed by atoms with E-state index >= 15 is 0 Å². The number of amides is 1. The number of carbonyl (C=O) groups is 1. The van der Waals surface area contributed by atoms with Crippen LogP contribution >= 0.6 is 22.6 Å². The normalized spacial score (nSPS) is 12.2. The number of carbonyl (C=O) groups excluding carboxylic acids is 1. The van der Waals surface area contributed by atoms with Gasteiger partial charge in [0.05, 0.1) is 0 Å². The van der Waals surface area contributed by atoms with Crippen LogP contribution in [0.25, 0.3) is 0 Å². The topological polar surface area (TPSA) is 29.1 Å². The number of halogens is 1. The Balaban J connectivity index is 2.66. The van der Waals surface area contributed by atoms with Crippen LogP contribution in [0, 0.1) is 16.4 Å². The molecular formula is C13H18INO. The molecule has 0 aliphatic rings. The molecular weight excluding hydrogens is 313 g/mol. The Labute approximate surface area is 111 Å². The van der Waals surface area contributed by atoms with Gasteiger partial charge in [0, 0.05) is 15.2 Å². The molecule has 0 saturated heterocycles. The molecule has 0 aliphatic carbocycles. The molecule has 2 nitrogen and oxygen atoms in total. The molecule has 1 unspecified atom stereocenters. The highest BCUT2D eigenvalue weighted by Gasteiger charge is 2.11. The molecule has 88 valence electrons. The fraction of sp³-hybridized carbons (Fsp3) is 0.462. The molecule has 0 fully saturated rings. The molecule has 0 aromatic heterocycles. The summed E-state index contributed by atoms with van der Waals surface area (Å²) >= 11 is 2.28. The molecule has 0 saturated carbocycles. The Morgan fingerprint density at radius 2 is 2.19 bits per heavy atom. The quantitative estimate of drug-likeness (QED) is 0.831. The Morgan fingerprint density at radius 1 is 1.50 bits per heavy atom. The van der Waals surface area contributed by atoms with E-state index in [1.165, 1.54) is 9.13 Å². The third kappa shape index (κ3) is 3.77. The van der Waals surface area contributed by atoms with E-state index in [2.05, 4.69) is 41.8 Å².